The summed E-state index contributed by atoms with van der Waals surface area (Å²) >= 11 is 3.50. The molecule has 0 saturated carbocycles. The molecule has 94 valence electrons. The van der Waals surface area contributed by atoms with Gasteiger partial charge in [-0.1, -0.05) is 28.9 Å². The standard InChI is InChI=1S/C15H17BrN2/c1-3-12-8-13(16)5-7-15(12)18-10-14-6-4-11(2)9-17-14/h4-9,18H,3,10H2,1-2H3. The molecule has 1 N–H and O–H groups in total. The van der Waals surface area contributed by atoms with Crippen LogP contribution >= 0.6 is 15.9 Å². The van der Waals surface area contributed by atoms with Gasteiger partial charge in [0.2, 0.25) is 0 Å². The Hall–Kier alpha value is -1.35. The van der Waals surface area contributed by atoms with E-state index in [4.69, 9.17) is 0 Å². The molecule has 1 aromatic heterocycles. The Morgan fingerprint density at radius 1 is 1.22 bits per heavy atom. The van der Waals surface area contributed by atoms with Gasteiger partial charge in [0.05, 0.1) is 12.2 Å². The number of pyridine rings is 1. The molecule has 0 fully saturated rings. The summed E-state index contributed by atoms with van der Waals surface area (Å²) < 4.78 is 1.12. The fourth-order valence-electron chi connectivity index (χ4n) is 1.82. The fourth-order valence-corrected chi connectivity index (χ4v) is 2.22. The Bertz CT molecular complexity index is 521. The predicted molar refractivity (Wildman–Crippen MR) is 79.8 cm³/mol. The number of benzene rings is 1. The molecule has 2 rings (SSSR count). The van der Waals surface area contributed by atoms with E-state index in [1.807, 2.05) is 13.1 Å². The fraction of sp³-hybridized carbons (Fsp3) is 0.267. The van der Waals surface area contributed by atoms with Crippen LogP contribution in [0.5, 0.6) is 0 Å². The highest BCUT2D eigenvalue weighted by atomic mass is 79.9. The zero-order valence-electron chi connectivity index (χ0n) is 10.7. The first-order chi connectivity index (χ1) is 8.69. The van der Waals surface area contributed by atoms with Crippen molar-refractivity contribution in [1.82, 2.24) is 4.98 Å². The molecular weight excluding hydrogens is 288 g/mol. The van der Waals surface area contributed by atoms with Crippen LogP contribution in [0.15, 0.2) is 41.0 Å². The number of aryl methyl sites for hydroxylation is 2. The van der Waals surface area contributed by atoms with Crippen molar-refractivity contribution in [2.24, 2.45) is 0 Å². The molecule has 1 heterocycles. The summed E-state index contributed by atoms with van der Waals surface area (Å²) in [5.74, 6) is 0. The highest BCUT2D eigenvalue weighted by Crippen LogP contribution is 2.22. The first-order valence-corrected chi connectivity index (χ1v) is 6.92. The summed E-state index contributed by atoms with van der Waals surface area (Å²) in [5.41, 5.74) is 4.75. The van der Waals surface area contributed by atoms with Crippen LogP contribution < -0.4 is 5.32 Å². The molecular formula is C15H17BrN2. The maximum atomic E-state index is 4.39. The Balaban J connectivity index is 2.08. The zero-order chi connectivity index (χ0) is 13.0. The van der Waals surface area contributed by atoms with Crippen LogP contribution in [0.3, 0.4) is 0 Å². The van der Waals surface area contributed by atoms with Gasteiger partial charge in [0, 0.05) is 16.4 Å². The summed E-state index contributed by atoms with van der Waals surface area (Å²) in [6, 6.07) is 10.5. The summed E-state index contributed by atoms with van der Waals surface area (Å²) in [5, 5.41) is 3.44. The largest absolute Gasteiger partial charge is 0.379 e. The molecule has 18 heavy (non-hydrogen) atoms. The third-order valence-corrected chi connectivity index (χ3v) is 3.37. The average molecular weight is 305 g/mol. The minimum Gasteiger partial charge on any atom is -0.379 e. The van der Waals surface area contributed by atoms with Crippen molar-refractivity contribution >= 4 is 21.6 Å². The number of halogens is 1. The third-order valence-electron chi connectivity index (χ3n) is 2.88. The Morgan fingerprint density at radius 3 is 2.72 bits per heavy atom. The number of nitrogens with one attached hydrogen (secondary N) is 1. The lowest BCUT2D eigenvalue weighted by Crippen LogP contribution is -2.03. The van der Waals surface area contributed by atoms with E-state index in [-0.39, 0.29) is 0 Å². The number of hydrogen-bond acceptors (Lipinski definition) is 2. The molecule has 0 aliphatic carbocycles. The minimum atomic E-state index is 0.759. The van der Waals surface area contributed by atoms with Gasteiger partial charge in [0.25, 0.3) is 0 Å². The second kappa shape index (κ2) is 6.01. The van der Waals surface area contributed by atoms with Gasteiger partial charge >= 0.3 is 0 Å². The normalized spacial score (nSPS) is 10.4. The van der Waals surface area contributed by atoms with E-state index in [0.29, 0.717) is 0 Å². The van der Waals surface area contributed by atoms with Crippen molar-refractivity contribution in [1.29, 1.82) is 0 Å². The topological polar surface area (TPSA) is 24.9 Å². The van der Waals surface area contributed by atoms with E-state index in [0.717, 1.165) is 23.1 Å². The van der Waals surface area contributed by atoms with E-state index in [2.05, 4.69) is 63.5 Å². The molecule has 0 atom stereocenters. The molecule has 0 aliphatic heterocycles. The van der Waals surface area contributed by atoms with E-state index < -0.39 is 0 Å². The highest BCUT2D eigenvalue weighted by Gasteiger charge is 2.02. The molecule has 0 aliphatic rings. The van der Waals surface area contributed by atoms with Crippen molar-refractivity contribution in [3.05, 3.63) is 57.8 Å². The summed E-state index contributed by atoms with van der Waals surface area (Å²) in [6.45, 7) is 4.97. The lowest BCUT2D eigenvalue weighted by atomic mass is 10.1. The first kappa shape index (κ1) is 13.1. The minimum absolute atomic E-state index is 0.759. The molecule has 0 amide bonds. The van der Waals surface area contributed by atoms with E-state index in [1.54, 1.807) is 0 Å². The van der Waals surface area contributed by atoms with Gasteiger partial charge in [-0.05, 0) is 48.7 Å². The van der Waals surface area contributed by atoms with Gasteiger partial charge in [-0.25, -0.2) is 0 Å². The second-order valence-corrected chi connectivity index (χ2v) is 5.25. The molecule has 1 aromatic carbocycles. The van der Waals surface area contributed by atoms with Crippen LogP contribution in [0, 0.1) is 6.92 Å². The molecule has 0 spiro atoms. The third kappa shape index (κ3) is 3.33. The van der Waals surface area contributed by atoms with Gasteiger partial charge in [0.15, 0.2) is 0 Å². The number of nitrogens with zero attached hydrogens (tertiary/aromatic N) is 1. The number of rotatable bonds is 4. The summed E-state index contributed by atoms with van der Waals surface area (Å²) in [6.07, 6.45) is 2.92. The Morgan fingerprint density at radius 2 is 2.06 bits per heavy atom. The van der Waals surface area contributed by atoms with E-state index in [1.165, 1.54) is 16.8 Å². The number of anilines is 1. The molecule has 0 bridgehead atoms. The van der Waals surface area contributed by atoms with Gasteiger partial charge in [0.1, 0.15) is 0 Å². The number of aromatic nitrogens is 1. The van der Waals surface area contributed by atoms with Crippen LogP contribution in [0.2, 0.25) is 0 Å². The molecule has 0 radical (unpaired) electrons. The van der Waals surface area contributed by atoms with Crippen LogP contribution in [0.25, 0.3) is 0 Å². The van der Waals surface area contributed by atoms with Crippen LogP contribution in [-0.2, 0) is 13.0 Å². The highest BCUT2D eigenvalue weighted by molar-refractivity contribution is 9.10. The SMILES string of the molecule is CCc1cc(Br)ccc1NCc1ccc(C)cn1. The summed E-state index contributed by atoms with van der Waals surface area (Å²) in [7, 11) is 0. The zero-order valence-corrected chi connectivity index (χ0v) is 12.3. The monoisotopic (exact) mass is 304 g/mol. The average Bonchev–Trinajstić information content (AvgIpc) is 2.39. The molecule has 2 aromatic rings. The lowest BCUT2D eigenvalue weighted by Gasteiger charge is -2.11. The van der Waals surface area contributed by atoms with Crippen LogP contribution in [0.4, 0.5) is 5.69 Å². The maximum Gasteiger partial charge on any atom is 0.0594 e. The van der Waals surface area contributed by atoms with Gasteiger partial charge in [-0.2, -0.15) is 0 Å². The Kier molecular flexibility index (Phi) is 4.37. The van der Waals surface area contributed by atoms with Crippen LogP contribution in [-0.4, -0.2) is 4.98 Å². The van der Waals surface area contributed by atoms with Crippen LogP contribution in [0.1, 0.15) is 23.7 Å². The van der Waals surface area contributed by atoms with Crippen molar-refractivity contribution < 1.29 is 0 Å². The van der Waals surface area contributed by atoms with Crippen molar-refractivity contribution in [2.45, 2.75) is 26.8 Å². The quantitative estimate of drug-likeness (QED) is 0.909. The predicted octanol–water partition coefficient (Wildman–Crippen LogP) is 4.33. The smallest absolute Gasteiger partial charge is 0.0594 e. The molecule has 3 heteroatoms. The van der Waals surface area contributed by atoms with Crippen molar-refractivity contribution in [3.63, 3.8) is 0 Å². The van der Waals surface area contributed by atoms with E-state index in [9.17, 15) is 0 Å². The van der Waals surface area contributed by atoms with Gasteiger partial charge < -0.3 is 5.32 Å². The molecule has 0 saturated heterocycles. The van der Waals surface area contributed by atoms with Gasteiger partial charge in [-0.3, -0.25) is 4.98 Å². The molecule has 2 nitrogen and oxygen atoms in total. The first-order valence-electron chi connectivity index (χ1n) is 6.13. The van der Waals surface area contributed by atoms with Crippen molar-refractivity contribution in [2.75, 3.05) is 5.32 Å². The Labute approximate surface area is 117 Å². The molecule has 0 unspecified atom stereocenters. The lowest BCUT2D eigenvalue weighted by molar-refractivity contribution is 1.02. The maximum absolute atomic E-state index is 4.39. The van der Waals surface area contributed by atoms with Gasteiger partial charge in [-0.15, -0.1) is 0 Å². The van der Waals surface area contributed by atoms with Crippen molar-refractivity contribution in [3.8, 4) is 0 Å². The number of hydrogen-bond donors (Lipinski definition) is 1. The summed E-state index contributed by atoms with van der Waals surface area (Å²) in [4.78, 5) is 4.39. The second-order valence-electron chi connectivity index (χ2n) is 4.34. The van der Waals surface area contributed by atoms with E-state index >= 15 is 0 Å².